The average Bonchev–Trinajstić information content (AvgIpc) is 2.45. The summed E-state index contributed by atoms with van der Waals surface area (Å²) in [5.74, 6) is 1.44. The van der Waals surface area contributed by atoms with Crippen molar-refractivity contribution in [3.63, 3.8) is 0 Å². The van der Waals surface area contributed by atoms with Crippen LogP contribution in [0.2, 0.25) is 5.02 Å². The maximum Gasteiger partial charge on any atom is 0.125 e. The molecule has 4 heteroatoms. The van der Waals surface area contributed by atoms with E-state index in [1.165, 1.54) is 0 Å². The second-order valence-corrected chi connectivity index (χ2v) is 4.93. The van der Waals surface area contributed by atoms with E-state index in [1.807, 2.05) is 36.4 Å². The lowest BCUT2D eigenvalue weighted by molar-refractivity contribution is 0.198. The van der Waals surface area contributed by atoms with Crippen molar-refractivity contribution in [1.82, 2.24) is 0 Å². The van der Waals surface area contributed by atoms with Crippen LogP contribution in [0.5, 0.6) is 11.5 Å². The second-order valence-electron chi connectivity index (χ2n) is 4.49. The highest BCUT2D eigenvalue weighted by molar-refractivity contribution is 6.30. The van der Waals surface area contributed by atoms with E-state index in [1.54, 1.807) is 20.1 Å². The maximum absolute atomic E-state index is 9.56. The first-order valence-electron chi connectivity index (χ1n) is 6.33. The highest BCUT2D eigenvalue weighted by Gasteiger charge is 2.06. The molecule has 3 nitrogen and oxygen atoms in total. The fraction of sp³-hybridized carbons (Fsp3) is 0.250. The minimum atomic E-state index is -0.515. The van der Waals surface area contributed by atoms with Crippen LogP contribution >= 0.6 is 11.6 Å². The SMILES string of the molecule is COc1ccc(Cl)cc1COc1cccc([C@H](C)O)c1. The van der Waals surface area contributed by atoms with Crippen molar-refractivity contribution in [3.8, 4) is 11.5 Å². The number of benzene rings is 2. The molecule has 0 fully saturated rings. The molecule has 0 saturated carbocycles. The van der Waals surface area contributed by atoms with Crippen LogP contribution in [0.1, 0.15) is 24.2 Å². The summed E-state index contributed by atoms with van der Waals surface area (Å²) < 4.78 is 11.0. The van der Waals surface area contributed by atoms with Gasteiger partial charge in [0.25, 0.3) is 0 Å². The van der Waals surface area contributed by atoms with Gasteiger partial charge in [0.15, 0.2) is 0 Å². The van der Waals surface area contributed by atoms with Crippen molar-refractivity contribution in [2.24, 2.45) is 0 Å². The summed E-state index contributed by atoms with van der Waals surface area (Å²) in [6.45, 7) is 2.08. The van der Waals surface area contributed by atoms with Gasteiger partial charge in [-0.25, -0.2) is 0 Å². The van der Waals surface area contributed by atoms with Gasteiger partial charge in [0.2, 0.25) is 0 Å². The molecule has 0 aliphatic rings. The highest BCUT2D eigenvalue weighted by atomic mass is 35.5. The fourth-order valence-corrected chi connectivity index (χ4v) is 2.08. The normalized spacial score (nSPS) is 12.0. The summed E-state index contributed by atoms with van der Waals surface area (Å²) in [6.07, 6.45) is -0.515. The highest BCUT2D eigenvalue weighted by Crippen LogP contribution is 2.25. The third-order valence-electron chi connectivity index (χ3n) is 2.98. The molecular weight excluding hydrogens is 276 g/mol. The molecule has 0 saturated heterocycles. The molecule has 0 aliphatic heterocycles. The van der Waals surface area contributed by atoms with Crippen molar-refractivity contribution in [2.45, 2.75) is 19.6 Å². The monoisotopic (exact) mass is 292 g/mol. The first-order chi connectivity index (χ1) is 9.60. The molecule has 20 heavy (non-hydrogen) atoms. The van der Waals surface area contributed by atoms with E-state index in [9.17, 15) is 5.11 Å². The van der Waals surface area contributed by atoms with E-state index in [0.29, 0.717) is 17.4 Å². The van der Waals surface area contributed by atoms with Gasteiger partial charge in [-0.2, -0.15) is 0 Å². The average molecular weight is 293 g/mol. The summed E-state index contributed by atoms with van der Waals surface area (Å²) >= 11 is 5.98. The number of ether oxygens (including phenoxy) is 2. The Morgan fingerprint density at radius 2 is 2.00 bits per heavy atom. The number of halogens is 1. The molecule has 2 aromatic rings. The van der Waals surface area contributed by atoms with E-state index in [2.05, 4.69) is 0 Å². The molecule has 0 radical (unpaired) electrons. The van der Waals surface area contributed by atoms with E-state index in [-0.39, 0.29) is 0 Å². The first kappa shape index (κ1) is 14.7. The summed E-state index contributed by atoms with van der Waals surface area (Å²) in [5, 5.41) is 10.2. The molecule has 1 atom stereocenters. The number of hydrogen-bond acceptors (Lipinski definition) is 3. The van der Waals surface area contributed by atoms with Crippen molar-refractivity contribution < 1.29 is 14.6 Å². The molecule has 0 amide bonds. The van der Waals surface area contributed by atoms with Crippen molar-refractivity contribution >= 4 is 11.6 Å². The van der Waals surface area contributed by atoms with Crippen LogP contribution in [0, 0.1) is 0 Å². The Balaban J connectivity index is 2.12. The lowest BCUT2D eigenvalue weighted by Crippen LogP contribution is -1.99. The number of rotatable bonds is 5. The van der Waals surface area contributed by atoms with Gasteiger partial charge >= 0.3 is 0 Å². The van der Waals surface area contributed by atoms with Gasteiger partial charge in [0.1, 0.15) is 18.1 Å². The molecule has 0 bridgehead atoms. The van der Waals surface area contributed by atoms with Gasteiger partial charge in [-0.1, -0.05) is 23.7 Å². The van der Waals surface area contributed by atoms with E-state index in [4.69, 9.17) is 21.1 Å². The van der Waals surface area contributed by atoms with Crippen LogP contribution in [0.3, 0.4) is 0 Å². The zero-order valence-corrected chi connectivity index (χ0v) is 12.2. The topological polar surface area (TPSA) is 38.7 Å². The summed E-state index contributed by atoms with van der Waals surface area (Å²) in [4.78, 5) is 0. The van der Waals surface area contributed by atoms with Gasteiger partial charge in [-0.05, 0) is 42.8 Å². The van der Waals surface area contributed by atoms with Crippen molar-refractivity contribution in [3.05, 3.63) is 58.6 Å². The van der Waals surface area contributed by atoms with Crippen molar-refractivity contribution in [2.75, 3.05) is 7.11 Å². The van der Waals surface area contributed by atoms with Gasteiger partial charge in [0.05, 0.1) is 13.2 Å². The van der Waals surface area contributed by atoms with Gasteiger partial charge < -0.3 is 14.6 Å². The molecule has 2 aromatic carbocycles. The summed E-state index contributed by atoms with van der Waals surface area (Å²) in [7, 11) is 1.61. The standard InChI is InChI=1S/C16H17ClO3/c1-11(18)12-4-3-5-15(9-12)20-10-13-8-14(17)6-7-16(13)19-2/h3-9,11,18H,10H2,1-2H3/t11-/m0/s1. The lowest BCUT2D eigenvalue weighted by Gasteiger charge is -2.12. The number of methoxy groups -OCH3 is 1. The Labute approximate surface area is 123 Å². The number of aliphatic hydroxyl groups is 1. The Hall–Kier alpha value is -1.71. The Kier molecular flexibility index (Phi) is 4.88. The first-order valence-corrected chi connectivity index (χ1v) is 6.71. The Morgan fingerprint density at radius 1 is 1.20 bits per heavy atom. The maximum atomic E-state index is 9.56. The Morgan fingerprint density at radius 3 is 2.70 bits per heavy atom. The summed E-state index contributed by atoms with van der Waals surface area (Å²) in [5.41, 5.74) is 1.70. The third-order valence-corrected chi connectivity index (χ3v) is 3.21. The largest absolute Gasteiger partial charge is 0.496 e. The van der Waals surface area contributed by atoms with E-state index in [0.717, 1.165) is 16.9 Å². The van der Waals surface area contributed by atoms with Crippen LogP contribution < -0.4 is 9.47 Å². The van der Waals surface area contributed by atoms with Gasteiger partial charge in [0, 0.05) is 10.6 Å². The molecule has 0 aromatic heterocycles. The van der Waals surface area contributed by atoms with Gasteiger partial charge in [-0.15, -0.1) is 0 Å². The Bertz CT molecular complexity index is 582. The third kappa shape index (κ3) is 3.65. The van der Waals surface area contributed by atoms with E-state index >= 15 is 0 Å². The molecule has 1 N–H and O–H groups in total. The number of hydrogen-bond donors (Lipinski definition) is 1. The molecular formula is C16H17ClO3. The fourth-order valence-electron chi connectivity index (χ4n) is 1.89. The van der Waals surface area contributed by atoms with Crippen molar-refractivity contribution in [1.29, 1.82) is 0 Å². The zero-order chi connectivity index (χ0) is 14.5. The van der Waals surface area contributed by atoms with Crippen LogP contribution in [-0.2, 0) is 6.61 Å². The molecule has 2 rings (SSSR count). The molecule has 0 heterocycles. The minimum Gasteiger partial charge on any atom is -0.496 e. The second kappa shape index (κ2) is 6.64. The predicted octanol–water partition coefficient (Wildman–Crippen LogP) is 3.98. The van der Waals surface area contributed by atoms with Gasteiger partial charge in [-0.3, -0.25) is 0 Å². The molecule has 0 spiro atoms. The lowest BCUT2D eigenvalue weighted by atomic mass is 10.1. The molecule has 0 unspecified atom stereocenters. The van der Waals surface area contributed by atoms with Crippen LogP contribution in [-0.4, -0.2) is 12.2 Å². The number of aliphatic hydroxyl groups excluding tert-OH is 1. The zero-order valence-electron chi connectivity index (χ0n) is 11.5. The summed E-state index contributed by atoms with van der Waals surface area (Å²) in [6, 6.07) is 12.8. The molecule has 0 aliphatic carbocycles. The van der Waals surface area contributed by atoms with Crippen LogP contribution in [0.25, 0.3) is 0 Å². The molecule has 106 valence electrons. The minimum absolute atomic E-state index is 0.354. The van der Waals surface area contributed by atoms with Crippen LogP contribution in [0.15, 0.2) is 42.5 Å². The quantitative estimate of drug-likeness (QED) is 0.906. The van der Waals surface area contributed by atoms with E-state index < -0.39 is 6.10 Å². The smallest absolute Gasteiger partial charge is 0.125 e. The predicted molar refractivity (Wildman–Crippen MR) is 79.4 cm³/mol. The van der Waals surface area contributed by atoms with Crippen LogP contribution in [0.4, 0.5) is 0 Å².